The lowest BCUT2D eigenvalue weighted by atomic mass is 10.0. The van der Waals surface area contributed by atoms with Crippen LogP contribution in [0.3, 0.4) is 0 Å². The highest BCUT2D eigenvalue weighted by Crippen LogP contribution is 2.09. The van der Waals surface area contributed by atoms with Crippen LogP contribution in [0.4, 0.5) is 0 Å². The Kier molecular flexibility index (Phi) is 8.94. The molecular formula is C12H27NO2S. The molecule has 0 aliphatic heterocycles. The quantitative estimate of drug-likeness (QED) is 0.605. The molecule has 0 spiro atoms. The first kappa shape index (κ1) is 15.9. The molecule has 0 aromatic carbocycles. The van der Waals surface area contributed by atoms with Gasteiger partial charge in [0, 0.05) is 12.3 Å². The molecule has 4 heteroatoms. The van der Waals surface area contributed by atoms with Crippen LogP contribution < -0.4 is 5.73 Å². The van der Waals surface area contributed by atoms with Crippen molar-refractivity contribution in [1.29, 1.82) is 0 Å². The highest BCUT2D eigenvalue weighted by molar-refractivity contribution is 7.90. The van der Waals surface area contributed by atoms with Crippen LogP contribution in [0.5, 0.6) is 0 Å². The molecule has 0 radical (unpaired) electrons. The van der Waals surface area contributed by atoms with Gasteiger partial charge in [0.1, 0.15) is 9.84 Å². The Hall–Kier alpha value is -0.0900. The molecule has 0 rings (SSSR count). The normalized spacial score (nSPS) is 13.9. The molecule has 0 saturated carbocycles. The van der Waals surface area contributed by atoms with E-state index in [1.807, 2.05) is 0 Å². The summed E-state index contributed by atoms with van der Waals surface area (Å²) in [5.74, 6) is 0.226. The van der Waals surface area contributed by atoms with E-state index < -0.39 is 9.84 Å². The van der Waals surface area contributed by atoms with Gasteiger partial charge in [0.2, 0.25) is 0 Å². The van der Waals surface area contributed by atoms with Crippen LogP contribution in [0.1, 0.15) is 58.3 Å². The van der Waals surface area contributed by atoms with E-state index in [0.717, 1.165) is 12.8 Å². The predicted octanol–water partition coefficient (Wildman–Crippen LogP) is 2.50. The van der Waals surface area contributed by atoms with Gasteiger partial charge in [-0.25, -0.2) is 8.42 Å². The van der Waals surface area contributed by atoms with E-state index in [4.69, 9.17) is 5.73 Å². The second-order valence-electron chi connectivity index (χ2n) is 4.74. The molecule has 0 heterocycles. The average molecular weight is 249 g/mol. The second kappa shape index (κ2) is 8.99. The van der Waals surface area contributed by atoms with Gasteiger partial charge >= 0.3 is 0 Å². The largest absolute Gasteiger partial charge is 0.328 e. The van der Waals surface area contributed by atoms with Crippen LogP contribution in [0.25, 0.3) is 0 Å². The molecule has 0 bridgehead atoms. The van der Waals surface area contributed by atoms with E-state index in [-0.39, 0.29) is 11.8 Å². The third kappa shape index (κ3) is 12.0. The van der Waals surface area contributed by atoms with Crippen molar-refractivity contribution in [3.05, 3.63) is 0 Å². The molecule has 2 N–H and O–H groups in total. The summed E-state index contributed by atoms with van der Waals surface area (Å²) in [4.78, 5) is 0. The van der Waals surface area contributed by atoms with Gasteiger partial charge in [-0.2, -0.15) is 0 Å². The summed E-state index contributed by atoms with van der Waals surface area (Å²) in [6.07, 6.45) is 10.4. The number of rotatable bonds is 10. The Morgan fingerprint density at radius 3 is 2.12 bits per heavy atom. The first-order valence-electron chi connectivity index (χ1n) is 6.39. The van der Waals surface area contributed by atoms with Crippen LogP contribution in [0.2, 0.25) is 0 Å². The fourth-order valence-corrected chi connectivity index (χ4v) is 2.43. The lowest BCUT2D eigenvalue weighted by Crippen LogP contribution is -2.23. The van der Waals surface area contributed by atoms with Crippen molar-refractivity contribution in [2.45, 2.75) is 64.3 Å². The zero-order valence-corrected chi connectivity index (χ0v) is 11.6. The molecule has 3 nitrogen and oxygen atoms in total. The first-order valence-corrected chi connectivity index (χ1v) is 8.45. The summed E-state index contributed by atoms with van der Waals surface area (Å²) >= 11 is 0. The van der Waals surface area contributed by atoms with E-state index in [0.29, 0.717) is 6.42 Å². The standard InChI is InChI=1S/C12H27NO2S/c1-3-4-5-6-7-8-9-12(13)10-11-16(2,14)15/h12H,3-11,13H2,1-2H3. The van der Waals surface area contributed by atoms with Crippen molar-refractivity contribution in [3.63, 3.8) is 0 Å². The van der Waals surface area contributed by atoms with Gasteiger partial charge in [0.25, 0.3) is 0 Å². The molecule has 98 valence electrons. The SMILES string of the molecule is CCCCCCCCC(N)CCS(C)(=O)=O. The fraction of sp³-hybridized carbons (Fsp3) is 1.00. The summed E-state index contributed by atoms with van der Waals surface area (Å²) in [5.41, 5.74) is 5.86. The Labute approximate surface area is 101 Å². The smallest absolute Gasteiger partial charge is 0.147 e. The van der Waals surface area contributed by atoms with Crippen molar-refractivity contribution in [2.75, 3.05) is 12.0 Å². The lowest BCUT2D eigenvalue weighted by Gasteiger charge is -2.10. The van der Waals surface area contributed by atoms with E-state index in [2.05, 4.69) is 6.92 Å². The molecule has 1 atom stereocenters. The zero-order valence-electron chi connectivity index (χ0n) is 10.7. The Morgan fingerprint density at radius 2 is 1.56 bits per heavy atom. The summed E-state index contributed by atoms with van der Waals surface area (Å²) < 4.78 is 21.9. The van der Waals surface area contributed by atoms with Crippen molar-refractivity contribution < 1.29 is 8.42 Å². The Bertz CT molecular complexity index is 250. The monoisotopic (exact) mass is 249 g/mol. The molecule has 0 aromatic rings. The zero-order chi connectivity index (χ0) is 12.4. The third-order valence-corrected chi connectivity index (χ3v) is 3.77. The minimum Gasteiger partial charge on any atom is -0.328 e. The maximum Gasteiger partial charge on any atom is 0.147 e. The molecule has 0 aromatic heterocycles. The van der Waals surface area contributed by atoms with Crippen molar-refractivity contribution in [1.82, 2.24) is 0 Å². The van der Waals surface area contributed by atoms with Gasteiger partial charge < -0.3 is 5.73 Å². The molecule has 16 heavy (non-hydrogen) atoms. The summed E-state index contributed by atoms with van der Waals surface area (Å²) in [6, 6.07) is 0.0564. The molecule has 0 amide bonds. The van der Waals surface area contributed by atoms with Crippen LogP contribution in [0.15, 0.2) is 0 Å². The second-order valence-corrected chi connectivity index (χ2v) is 6.99. The van der Waals surface area contributed by atoms with Gasteiger partial charge in [0.15, 0.2) is 0 Å². The average Bonchev–Trinajstić information content (AvgIpc) is 2.19. The van der Waals surface area contributed by atoms with E-state index in [9.17, 15) is 8.42 Å². The minimum atomic E-state index is -2.84. The molecule has 0 saturated heterocycles. The Morgan fingerprint density at radius 1 is 1.00 bits per heavy atom. The number of hydrogen-bond acceptors (Lipinski definition) is 3. The summed E-state index contributed by atoms with van der Waals surface area (Å²) in [7, 11) is -2.84. The highest BCUT2D eigenvalue weighted by atomic mass is 32.2. The Balaban J connectivity index is 3.34. The van der Waals surface area contributed by atoms with Crippen LogP contribution in [-0.4, -0.2) is 26.5 Å². The third-order valence-electron chi connectivity index (χ3n) is 2.79. The van der Waals surface area contributed by atoms with E-state index in [1.54, 1.807) is 0 Å². The van der Waals surface area contributed by atoms with Crippen LogP contribution in [-0.2, 0) is 9.84 Å². The number of hydrogen-bond donors (Lipinski definition) is 1. The predicted molar refractivity (Wildman–Crippen MR) is 70.3 cm³/mol. The van der Waals surface area contributed by atoms with Gasteiger partial charge in [-0.1, -0.05) is 45.4 Å². The lowest BCUT2D eigenvalue weighted by molar-refractivity contribution is 0.522. The van der Waals surface area contributed by atoms with Crippen molar-refractivity contribution in [2.24, 2.45) is 5.73 Å². The van der Waals surface area contributed by atoms with Crippen LogP contribution in [0, 0.1) is 0 Å². The highest BCUT2D eigenvalue weighted by Gasteiger charge is 2.07. The molecule has 1 unspecified atom stereocenters. The van der Waals surface area contributed by atoms with Gasteiger partial charge in [-0.15, -0.1) is 0 Å². The fourth-order valence-electron chi connectivity index (χ4n) is 1.70. The number of unbranched alkanes of at least 4 members (excludes halogenated alkanes) is 5. The van der Waals surface area contributed by atoms with Gasteiger partial charge in [-0.05, 0) is 12.8 Å². The number of sulfone groups is 1. The van der Waals surface area contributed by atoms with Crippen molar-refractivity contribution >= 4 is 9.84 Å². The first-order chi connectivity index (χ1) is 7.45. The van der Waals surface area contributed by atoms with E-state index in [1.165, 1.54) is 38.4 Å². The topological polar surface area (TPSA) is 60.2 Å². The molecule has 0 aliphatic rings. The van der Waals surface area contributed by atoms with E-state index >= 15 is 0 Å². The minimum absolute atomic E-state index is 0.0564. The number of nitrogens with two attached hydrogens (primary N) is 1. The van der Waals surface area contributed by atoms with Gasteiger partial charge in [0.05, 0.1) is 5.75 Å². The van der Waals surface area contributed by atoms with Gasteiger partial charge in [-0.3, -0.25) is 0 Å². The summed E-state index contributed by atoms with van der Waals surface area (Å²) in [6.45, 7) is 2.21. The summed E-state index contributed by atoms with van der Waals surface area (Å²) in [5, 5.41) is 0. The molecular weight excluding hydrogens is 222 g/mol. The van der Waals surface area contributed by atoms with Crippen molar-refractivity contribution in [3.8, 4) is 0 Å². The van der Waals surface area contributed by atoms with Crippen LogP contribution >= 0.6 is 0 Å². The maximum atomic E-state index is 10.9. The molecule has 0 fully saturated rings. The maximum absolute atomic E-state index is 10.9. The molecule has 0 aliphatic carbocycles.